The van der Waals surface area contributed by atoms with Gasteiger partial charge in [-0.3, -0.25) is 0 Å². The zero-order chi connectivity index (χ0) is 9.68. The van der Waals surface area contributed by atoms with Gasteiger partial charge in [-0.15, -0.1) is 0 Å². The Morgan fingerprint density at radius 3 is 2.31 bits per heavy atom. The van der Waals surface area contributed by atoms with Crippen molar-refractivity contribution < 1.29 is 0 Å². The maximum Gasteiger partial charge on any atom is 0.131 e. The maximum atomic E-state index is 4.36. The van der Waals surface area contributed by atoms with Gasteiger partial charge in [0, 0.05) is 18.3 Å². The molecular formula is C11H18N2. The van der Waals surface area contributed by atoms with E-state index in [9.17, 15) is 0 Å². The summed E-state index contributed by atoms with van der Waals surface area (Å²) in [5, 5.41) is 0. The lowest BCUT2D eigenvalue weighted by atomic mass is 10.1. The molecule has 0 spiro atoms. The van der Waals surface area contributed by atoms with Crippen molar-refractivity contribution in [2.24, 2.45) is 0 Å². The van der Waals surface area contributed by atoms with Gasteiger partial charge in [0.25, 0.3) is 0 Å². The largest absolute Gasteiger partial charge is 0.241 e. The molecule has 1 aromatic rings. The van der Waals surface area contributed by atoms with Crippen LogP contribution < -0.4 is 0 Å². The van der Waals surface area contributed by atoms with E-state index in [2.05, 4.69) is 30.7 Å². The summed E-state index contributed by atoms with van der Waals surface area (Å²) < 4.78 is 0. The van der Waals surface area contributed by atoms with Gasteiger partial charge in [0.05, 0.1) is 0 Å². The van der Waals surface area contributed by atoms with E-state index in [1.165, 1.54) is 18.4 Å². The molecule has 0 aliphatic rings. The Hall–Kier alpha value is -0.920. The van der Waals surface area contributed by atoms with Crippen molar-refractivity contribution in [3.05, 3.63) is 23.8 Å². The van der Waals surface area contributed by atoms with Crippen LogP contribution in [0.1, 0.15) is 50.9 Å². The molecule has 0 saturated carbocycles. The SMILES string of the molecule is CCCC(C)c1ncc(CC)cn1. The van der Waals surface area contributed by atoms with Gasteiger partial charge < -0.3 is 0 Å². The molecule has 1 rings (SSSR count). The van der Waals surface area contributed by atoms with E-state index in [0.717, 1.165) is 12.2 Å². The van der Waals surface area contributed by atoms with Crippen LogP contribution in [0.15, 0.2) is 12.4 Å². The molecule has 0 aliphatic carbocycles. The number of rotatable bonds is 4. The normalized spacial score (nSPS) is 12.8. The van der Waals surface area contributed by atoms with E-state index in [0.29, 0.717) is 5.92 Å². The molecule has 0 aliphatic heterocycles. The topological polar surface area (TPSA) is 25.8 Å². The Kier molecular flexibility index (Phi) is 3.87. The Labute approximate surface area is 80.4 Å². The average Bonchev–Trinajstić information content (AvgIpc) is 2.18. The molecule has 0 N–H and O–H groups in total. The van der Waals surface area contributed by atoms with Crippen LogP contribution in [0.5, 0.6) is 0 Å². The van der Waals surface area contributed by atoms with Gasteiger partial charge in [-0.2, -0.15) is 0 Å². The molecule has 0 fully saturated rings. The fraction of sp³-hybridized carbons (Fsp3) is 0.636. The summed E-state index contributed by atoms with van der Waals surface area (Å²) in [6.07, 6.45) is 7.26. The highest BCUT2D eigenvalue weighted by atomic mass is 14.9. The van der Waals surface area contributed by atoms with Gasteiger partial charge in [0.15, 0.2) is 0 Å². The first kappa shape index (κ1) is 10.2. The molecule has 0 amide bonds. The van der Waals surface area contributed by atoms with Crippen LogP contribution in [-0.2, 0) is 6.42 Å². The van der Waals surface area contributed by atoms with Crippen LogP contribution >= 0.6 is 0 Å². The Balaban J connectivity index is 2.67. The Morgan fingerprint density at radius 1 is 1.23 bits per heavy atom. The first-order valence-electron chi connectivity index (χ1n) is 5.08. The molecule has 2 heteroatoms. The lowest BCUT2D eigenvalue weighted by molar-refractivity contribution is 0.625. The molecule has 0 aromatic carbocycles. The second-order valence-corrected chi connectivity index (χ2v) is 3.49. The highest BCUT2D eigenvalue weighted by Crippen LogP contribution is 2.15. The Morgan fingerprint density at radius 2 is 1.85 bits per heavy atom. The lowest BCUT2D eigenvalue weighted by Gasteiger charge is -2.07. The fourth-order valence-corrected chi connectivity index (χ4v) is 1.36. The first-order valence-corrected chi connectivity index (χ1v) is 5.08. The van der Waals surface area contributed by atoms with Crippen LogP contribution in [0.3, 0.4) is 0 Å². The van der Waals surface area contributed by atoms with Crippen molar-refractivity contribution in [3.8, 4) is 0 Å². The van der Waals surface area contributed by atoms with Crippen molar-refractivity contribution in [1.29, 1.82) is 0 Å². The smallest absolute Gasteiger partial charge is 0.131 e. The third-order valence-corrected chi connectivity index (χ3v) is 2.30. The summed E-state index contributed by atoms with van der Waals surface area (Å²) in [7, 11) is 0. The van der Waals surface area contributed by atoms with Gasteiger partial charge in [-0.25, -0.2) is 9.97 Å². The van der Waals surface area contributed by atoms with E-state index in [1.54, 1.807) is 0 Å². The van der Waals surface area contributed by atoms with Crippen LogP contribution in [0.25, 0.3) is 0 Å². The highest BCUT2D eigenvalue weighted by Gasteiger charge is 2.06. The molecule has 0 bridgehead atoms. The van der Waals surface area contributed by atoms with Crippen molar-refractivity contribution >= 4 is 0 Å². The average molecular weight is 178 g/mol. The van der Waals surface area contributed by atoms with E-state index >= 15 is 0 Å². The minimum Gasteiger partial charge on any atom is -0.241 e. The summed E-state index contributed by atoms with van der Waals surface area (Å²) in [6.45, 7) is 6.50. The fourth-order valence-electron chi connectivity index (χ4n) is 1.36. The maximum absolute atomic E-state index is 4.36. The summed E-state index contributed by atoms with van der Waals surface area (Å²) in [6, 6.07) is 0. The molecule has 0 saturated heterocycles. The highest BCUT2D eigenvalue weighted by molar-refractivity contribution is 5.06. The van der Waals surface area contributed by atoms with Crippen LogP contribution in [-0.4, -0.2) is 9.97 Å². The summed E-state index contributed by atoms with van der Waals surface area (Å²) in [5.74, 6) is 1.48. The molecule has 1 heterocycles. The van der Waals surface area contributed by atoms with Crippen LogP contribution in [0, 0.1) is 0 Å². The molecule has 1 aromatic heterocycles. The van der Waals surface area contributed by atoms with E-state index in [4.69, 9.17) is 0 Å². The number of hydrogen-bond acceptors (Lipinski definition) is 2. The van der Waals surface area contributed by atoms with Gasteiger partial charge in [0.1, 0.15) is 5.82 Å². The molecule has 1 atom stereocenters. The summed E-state index contributed by atoms with van der Waals surface area (Å²) >= 11 is 0. The Bertz CT molecular complexity index is 241. The van der Waals surface area contributed by atoms with Crippen LogP contribution in [0.2, 0.25) is 0 Å². The van der Waals surface area contributed by atoms with Crippen molar-refractivity contribution in [1.82, 2.24) is 9.97 Å². The van der Waals surface area contributed by atoms with Gasteiger partial charge >= 0.3 is 0 Å². The number of hydrogen-bond donors (Lipinski definition) is 0. The van der Waals surface area contributed by atoms with Crippen molar-refractivity contribution in [2.45, 2.75) is 46.0 Å². The third-order valence-electron chi connectivity index (χ3n) is 2.30. The molecular weight excluding hydrogens is 160 g/mol. The number of nitrogens with zero attached hydrogens (tertiary/aromatic N) is 2. The second kappa shape index (κ2) is 4.95. The summed E-state index contributed by atoms with van der Waals surface area (Å²) in [4.78, 5) is 8.71. The van der Waals surface area contributed by atoms with E-state index < -0.39 is 0 Å². The summed E-state index contributed by atoms with van der Waals surface area (Å²) in [5.41, 5.74) is 1.22. The number of aromatic nitrogens is 2. The third kappa shape index (κ3) is 2.79. The second-order valence-electron chi connectivity index (χ2n) is 3.49. The quantitative estimate of drug-likeness (QED) is 0.708. The molecule has 72 valence electrons. The predicted octanol–water partition coefficient (Wildman–Crippen LogP) is 2.94. The van der Waals surface area contributed by atoms with Crippen molar-refractivity contribution in [3.63, 3.8) is 0 Å². The molecule has 0 radical (unpaired) electrons. The van der Waals surface area contributed by atoms with Crippen molar-refractivity contribution in [2.75, 3.05) is 0 Å². The minimum atomic E-state index is 0.496. The van der Waals surface area contributed by atoms with E-state index in [-0.39, 0.29) is 0 Å². The molecule has 1 unspecified atom stereocenters. The molecule has 2 nitrogen and oxygen atoms in total. The standard InChI is InChI=1S/C11H18N2/c1-4-6-9(3)11-12-7-10(5-2)8-13-11/h7-9H,4-6H2,1-3H3. The number of aryl methyl sites for hydroxylation is 1. The van der Waals surface area contributed by atoms with Gasteiger partial charge in [-0.05, 0) is 18.4 Å². The lowest BCUT2D eigenvalue weighted by Crippen LogP contribution is -2.00. The predicted molar refractivity (Wildman–Crippen MR) is 54.7 cm³/mol. The van der Waals surface area contributed by atoms with E-state index in [1.807, 2.05) is 12.4 Å². The zero-order valence-electron chi connectivity index (χ0n) is 8.75. The van der Waals surface area contributed by atoms with Crippen LogP contribution in [0.4, 0.5) is 0 Å². The van der Waals surface area contributed by atoms with Gasteiger partial charge in [-0.1, -0.05) is 27.2 Å². The zero-order valence-corrected chi connectivity index (χ0v) is 8.75. The first-order chi connectivity index (χ1) is 6.27. The minimum absolute atomic E-state index is 0.496. The molecule has 13 heavy (non-hydrogen) atoms. The van der Waals surface area contributed by atoms with Gasteiger partial charge in [0.2, 0.25) is 0 Å². The monoisotopic (exact) mass is 178 g/mol.